The Hall–Kier alpha value is -1.73. The molecule has 0 radical (unpaired) electrons. The van der Waals surface area contributed by atoms with Crippen LogP contribution in [0.25, 0.3) is 11.1 Å². The maximum absolute atomic E-state index is 2.29. The molecule has 108 valence electrons. The van der Waals surface area contributed by atoms with E-state index in [1.165, 1.54) is 21.6 Å². The van der Waals surface area contributed by atoms with Crippen LogP contribution in [0.5, 0.6) is 0 Å². The van der Waals surface area contributed by atoms with Gasteiger partial charge in [0, 0.05) is 4.90 Å². The van der Waals surface area contributed by atoms with E-state index in [-0.39, 0.29) is 0 Å². The lowest BCUT2D eigenvalue weighted by Gasteiger charge is -2.08. The maximum Gasteiger partial charge on any atom is 0.0148 e. The molecular formula is C20H22S. The standard InChI is InChI=1S/C20H22S/c1-3-4-5-6-7-11-17-12-10-13-18(16-17)19-14-8-9-15-20(19)21-2/h4-10,12-16H,3,11H2,1-2H3/b5-4-,7-6-. The molecule has 0 saturated heterocycles. The summed E-state index contributed by atoms with van der Waals surface area (Å²) in [5.41, 5.74) is 3.97. The number of thioether (sulfide) groups is 1. The average molecular weight is 294 g/mol. The Labute approximate surface area is 132 Å². The van der Waals surface area contributed by atoms with Gasteiger partial charge in [0.25, 0.3) is 0 Å². The molecule has 0 spiro atoms. The van der Waals surface area contributed by atoms with E-state index in [4.69, 9.17) is 0 Å². The van der Waals surface area contributed by atoms with Gasteiger partial charge in [0.1, 0.15) is 0 Å². The van der Waals surface area contributed by atoms with E-state index in [0.29, 0.717) is 0 Å². The van der Waals surface area contributed by atoms with Crippen LogP contribution in [0.1, 0.15) is 18.9 Å². The molecule has 0 fully saturated rings. The summed E-state index contributed by atoms with van der Waals surface area (Å²) in [4.78, 5) is 1.33. The van der Waals surface area contributed by atoms with Crippen molar-refractivity contribution >= 4 is 11.8 Å². The molecule has 0 aromatic heterocycles. The number of benzene rings is 2. The molecule has 0 unspecified atom stereocenters. The molecular weight excluding hydrogens is 272 g/mol. The largest absolute Gasteiger partial charge is 0.129 e. The van der Waals surface area contributed by atoms with E-state index in [1.807, 2.05) is 0 Å². The molecule has 0 N–H and O–H groups in total. The number of hydrogen-bond donors (Lipinski definition) is 0. The molecule has 0 heterocycles. The first kappa shape index (κ1) is 15.7. The van der Waals surface area contributed by atoms with Gasteiger partial charge in [-0.15, -0.1) is 11.8 Å². The van der Waals surface area contributed by atoms with Crippen LogP contribution in [0.15, 0.2) is 77.7 Å². The molecule has 2 aromatic carbocycles. The molecule has 0 saturated carbocycles. The Morgan fingerprint density at radius 1 is 0.952 bits per heavy atom. The summed E-state index contributed by atoms with van der Waals surface area (Å²) in [6.07, 6.45) is 12.8. The zero-order valence-corrected chi connectivity index (χ0v) is 13.6. The highest BCUT2D eigenvalue weighted by molar-refractivity contribution is 7.98. The van der Waals surface area contributed by atoms with E-state index in [9.17, 15) is 0 Å². The summed E-state index contributed by atoms with van der Waals surface area (Å²) >= 11 is 1.80. The topological polar surface area (TPSA) is 0 Å². The van der Waals surface area contributed by atoms with Gasteiger partial charge in [0.2, 0.25) is 0 Å². The van der Waals surface area contributed by atoms with Crippen LogP contribution in [0.3, 0.4) is 0 Å². The maximum atomic E-state index is 2.29. The van der Waals surface area contributed by atoms with Crippen LogP contribution >= 0.6 is 11.8 Å². The molecule has 21 heavy (non-hydrogen) atoms. The lowest BCUT2D eigenvalue weighted by molar-refractivity contribution is 1.22. The quantitative estimate of drug-likeness (QED) is 0.455. The third-order valence-corrected chi connectivity index (χ3v) is 4.11. The van der Waals surface area contributed by atoms with E-state index < -0.39 is 0 Å². The van der Waals surface area contributed by atoms with Crippen LogP contribution in [0, 0.1) is 0 Å². The first-order valence-corrected chi connectivity index (χ1v) is 8.61. The van der Waals surface area contributed by atoms with E-state index in [2.05, 4.69) is 86.0 Å². The Morgan fingerprint density at radius 3 is 2.57 bits per heavy atom. The Bertz CT molecular complexity index is 623. The summed E-state index contributed by atoms with van der Waals surface area (Å²) in [5, 5.41) is 0. The van der Waals surface area contributed by atoms with E-state index in [0.717, 1.165) is 12.8 Å². The third-order valence-electron chi connectivity index (χ3n) is 3.32. The third kappa shape index (κ3) is 4.64. The van der Waals surface area contributed by atoms with Gasteiger partial charge < -0.3 is 0 Å². The molecule has 0 amide bonds. The molecule has 1 heteroatoms. The zero-order chi connectivity index (χ0) is 14.9. The fraction of sp³-hybridized carbons (Fsp3) is 0.200. The van der Waals surface area contributed by atoms with Crippen molar-refractivity contribution in [2.45, 2.75) is 24.7 Å². The smallest absolute Gasteiger partial charge is 0.0148 e. The predicted octanol–water partition coefficient (Wildman–Crippen LogP) is 6.14. The van der Waals surface area contributed by atoms with Crippen molar-refractivity contribution in [1.82, 2.24) is 0 Å². The van der Waals surface area contributed by atoms with Crippen LogP contribution < -0.4 is 0 Å². The minimum Gasteiger partial charge on any atom is -0.129 e. The summed E-state index contributed by atoms with van der Waals surface area (Å²) in [5.74, 6) is 0. The van der Waals surface area contributed by atoms with Gasteiger partial charge in [-0.1, -0.05) is 73.7 Å². The Morgan fingerprint density at radius 2 is 1.76 bits per heavy atom. The van der Waals surface area contributed by atoms with Gasteiger partial charge in [0.15, 0.2) is 0 Å². The minimum absolute atomic E-state index is 0.976. The summed E-state index contributed by atoms with van der Waals surface area (Å²) in [6.45, 7) is 2.15. The van der Waals surface area contributed by atoms with E-state index >= 15 is 0 Å². The van der Waals surface area contributed by atoms with Crippen LogP contribution in [-0.4, -0.2) is 6.26 Å². The highest BCUT2D eigenvalue weighted by Gasteiger charge is 2.03. The van der Waals surface area contributed by atoms with Crippen molar-refractivity contribution < 1.29 is 0 Å². The van der Waals surface area contributed by atoms with Crippen molar-refractivity contribution in [3.8, 4) is 11.1 Å². The molecule has 2 aromatic rings. The van der Waals surface area contributed by atoms with Gasteiger partial charge in [-0.25, -0.2) is 0 Å². The summed E-state index contributed by atoms with van der Waals surface area (Å²) < 4.78 is 0. The molecule has 0 aliphatic heterocycles. The van der Waals surface area contributed by atoms with Crippen LogP contribution in [-0.2, 0) is 6.42 Å². The van der Waals surface area contributed by atoms with Crippen molar-refractivity contribution in [3.05, 3.63) is 78.4 Å². The molecule has 0 aliphatic rings. The second-order valence-electron chi connectivity index (χ2n) is 4.87. The fourth-order valence-electron chi connectivity index (χ4n) is 2.25. The second-order valence-corrected chi connectivity index (χ2v) is 5.72. The van der Waals surface area contributed by atoms with Crippen molar-refractivity contribution in [2.75, 3.05) is 6.26 Å². The van der Waals surface area contributed by atoms with E-state index in [1.54, 1.807) is 11.8 Å². The lowest BCUT2D eigenvalue weighted by Crippen LogP contribution is -1.85. The summed E-state index contributed by atoms with van der Waals surface area (Å²) in [6, 6.07) is 17.4. The Balaban J connectivity index is 2.18. The number of rotatable bonds is 6. The Kier molecular flexibility index (Phi) is 6.36. The van der Waals surface area contributed by atoms with Gasteiger partial charge >= 0.3 is 0 Å². The average Bonchev–Trinajstić information content (AvgIpc) is 2.55. The van der Waals surface area contributed by atoms with Gasteiger partial charge in [0.05, 0.1) is 0 Å². The SMILES string of the molecule is CC/C=C\C=C/Cc1cccc(-c2ccccc2SC)c1. The minimum atomic E-state index is 0.976. The summed E-state index contributed by atoms with van der Waals surface area (Å²) in [7, 11) is 0. The number of allylic oxidation sites excluding steroid dienone is 4. The molecule has 0 nitrogen and oxygen atoms in total. The van der Waals surface area contributed by atoms with Gasteiger partial charge in [-0.3, -0.25) is 0 Å². The highest BCUT2D eigenvalue weighted by Crippen LogP contribution is 2.30. The lowest BCUT2D eigenvalue weighted by atomic mass is 10.0. The fourth-order valence-corrected chi connectivity index (χ4v) is 2.87. The van der Waals surface area contributed by atoms with Crippen LogP contribution in [0.4, 0.5) is 0 Å². The predicted molar refractivity (Wildman–Crippen MR) is 95.9 cm³/mol. The second kappa shape index (κ2) is 8.53. The van der Waals surface area contributed by atoms with Crippen molar-refractivity contribution in [1.29, 1.82) is 0 Å². The van der Waals surface area contributed by atoms with Crippen molar-refractivity contribution in [3.63, 3.8) is 0 Å². The molecule has 2 rings (SSSR count). The normalized spacial score (nSPS) is 11.5. The first-order chi connectivity index (χ1) is 10.3. The first-order valence-electron chi connectivity index (χ1n) is 7.39. The molecule has 0 atom stereocenters. The van der Waals surface area contributed by atoms with Crippen molar-refractivity contribution in [2.24, 2.45) is 0 Å². The molecule has 0 aliphatic carbocycles. The highest BCUT2D eigenvalue weighted by atomic mass is 32.2. The van der Waals surface area contributed by atoms with Gasteiger partial charge in [-0.05, 0) is 41.9 Å². The van der Waals surface area contributed by atoms with Gasteiger partial charge in [-0.2, -0.15) is 0 Å². The monoisotopic (exact) mass is 294 g/mol. The molecule has 0 bridgehead atoms. The van der Waals surface area contributed by atoms with Crippen LogP contribution in [0.2, 0.25) is 0 Å². The zero-order valence-electron chi connectivity index (χ0n) is 12.8. The number of hydrogen-bond acceptors (Lipinski definition) is 1.